The third-order valence-electron chi connectivity index (χ3n) is 10.5. The lowest BCUT2D eigenvalue weighted by Gasteiger charge is -2.69. The van der Waals surface area contributed by atoms with Crippen molar-refractivity contribution in [3.8, 4) is 0 Å². The van der Waals surface area contributed by atoms with Crippen molar-refractivity contribution in [2.75, 3.05) is 0 Å². The van der Waals surface area contributed by atoms with Gasteiger partial charge < -0.3 is 10.8 Å². The largest absolute Gasteiger partial charge is 0.393 e. The summed E-state index contributed by atoms with van der Waals surface area (Å²) in [7, 11) is 0. The van der Waals surface area contributed by atoms with E-state index in [1.165, 1.54) is 12.8 Å². The zero-order chi connectivity index (χ0) is 19.3. The number of aliphatic hydroxyl groups is 1. The summed E-state index contributed by atoms with van der Waals surface area (Å²) in [6, 6.07) is 0. The molecule has 0 saturated heterocycles. The van der Waals surface area contributed by atoms with Crippen molar-refractivity contribution in [1.82, 2.24) is 0 Å². The van der Waals surface area contributed by atoms with E-state index in [1.54, 1.807) is 0 Å². The number of Topliss-reactive ketones (excluding diaryl/α,β-unsaturated/α-hetero) is 1. The number of carbonyl (C=O) groups excluding carboxylic acids is 1. The van der Waals surface area contributed by atoms with Crippen LogP contribution in [-0.2, 0) is 4.79 Å². The van der Waals surface area contributed by atoms with Crippen LogP contribution in [0.1, 0.15) is 86.5 Å². The van der Waals surface area contributed by atoms with Crippen LogP contribution in [0.4, 0.5) is 0 Å². The quantitative estimate of drug-likeness (QED) is 0.675. The normalized spacial score (nSPS) is 58.7. The van der Waals surface area contributed by atoms with Crippen LogP contribution in [0.25, 0.3) is 0 Å². The number of hydrogen-bond acceptors (Lipinski definition) is 3. The highest BCUT2D eigenvalue weighted by Crippen LogP contribution is 2.74. The molecule has 3 unspecified atom stereocenters. The monoisotopic (exact) mass is 361 g/mol. The van der Waals surface area contributed by atoms with E-state index in [0.29, 0.717) is 24.0 Å². The van der Waals surface area contributed by atoms with E-state index in [4.69, 9.17) is 5.73 Å². The average molecular weight is 362 g/mol. The number of fused-ring (bicyclic) bond motifs is 5. The van der Waals surface area contributed by atoms with Gasteiger partial charge in [0.1, 0.15) is 5.78 Å². The van der Waals surface area contributed by atoms with Gasteiger partial charge in [-0.3, -0.25) is 4.79 Å². The Morgan fingerprint density at radius 1 is 0.885 bits per heavy atom. The first-order valence-corrected chi connectivity index (χ1v) is 10.8. The van der Waals surface area contributed by atoms with Gasteiger partial charge >= 0.3 is 0 Å². The lowest BCUT2D eigenvalue weighted by Crippen LogP contribution is -2.67. The van der Waals surface area contributed by atoms with Gasteiger partial charge in [0, 0.05) is 17.9 Å². The molecule has 0 spiro atoms. The van der Waals surface area contributed by atoms with E-state index in [1.807, 2.05) is 0 Å². The van der Waals surface area contributed by atoms with Crippen LogP contribution in [0.15, 0.2) is 0 Å². The van der Waals surface area contributed by atoms with Crippen molar-refractivity contribution in [1.29, 1.82) is 0 Å². The van der Waals surface area contributed by atoms with Gasteiger partial charge in [-0.05, 0) is 78.9 Å². The molecule has 26 heavy (non-hydrogen) atoms. The molecule has 148 valence electrons. The number of hydrogen-bond donors (Lipinski definition) is 2. The Labute approximate surface area is 159 Å². The zero-order valence-electron chi connectivity index (χ0n) is 17.7. The Morgan fingerprint density at radius 3 is 2.19 bits per heavy atom. The predicted octanol–water partition coefficient (Wildman–Crippen LogP) is 4.31. The molecule has 3 N–H and O–H groups in total. The molecule has 4 rings (SSSR count). The van der Waals surface area contributed by atoms with Crippen LogP contribution in [0.3, 0.4) is 0 Å². The van der Waals surface area contributed by atoms with Gasteiger partial charge in [0.2, 0.25) is 0 Å². The first kappa shape index (κ1) is 18.9. The van der Waals surface area contributed by atoms with Crippen LogP contribution in [0, 0.1) is 39.4 Å². The molecular formula is C23H39NO2. The number of rotatable bonds is 0. The van der Waals surface area contributed by atoms with Gasteiger partial charge in [-0.15, -0.1) is 0 Å². The number of ketones is 1. The Hall–Kier alpha value is -0.410. The second-order valence-corrected chi connectivity index (χ2v) is 12.0. The smallest absolute Gasteiger partial charge is 0.138 e. The topological polar surface area (TPSA) is 63.3 Å². The maximum Gasteiger partial charge on any atom is 0.138 e. The number of aliphatic hydroxyl groups excluding tert-OH is 1. The van der Waals surface area contributed by atoms with Gasteiger partial charge in [0.25, 0.3) is 0 Å². The molecule has 0 aromatic carbocycles. The second-order valence-electron chi connectivity index (χ2n) is 12.0. The molecule has 4 fully saturated rings. The van der Waals surface area contributed by atoms with Crippen LogP contribution >= 0.6 is 0 Å². The van der Waals surface area contributed by atoms with Crippen LogP contribution in [0.5, 0.6) is 0 Å². The van der Waals surface area contributed by atoms with Gasteiger partial charge in [-0.25, -0.2) is 0 Å². The molecule has 0 amide bonds. The van der Waals surface area contributed by atoms with E-state index < -0.39 is 0 Å². The van der Waals surface area contributed by atoms with Gasteiger partial charge in [0.05, 0.1) is 6.10 Å². The first-order valence-electron chi connectivity index (χ1n) is 10.8. The molecule has 0 aliphatic heterocycles. The fourth-order valence-corrected chi connectivity index (χ4v) is 8.89. The molecule has 3 nitrogen and oxygen atoms in total. The molecule has 0 aromatic heterocycles. The Morgan fingerprint density at radius 2 is 1.54 bits per heavy atom. The van der Waals surface area contributed by atoms with Crippen molar-refractivity contribution < 1.29 is 9.90 Å². The summed E-state index contributed by atoms with van der Waals surface area (Å²) in [4.78, 5) is 13.4. The van der Waals surface area contributed by atoms with Crippen LogP contribution < -0.4 is 5.73 Å². The van der Waals surface area contributed by atoms with Crippen molar-refractivity contribution in [3.05, 3.63) is 0 Å². The standard InChI is InChI=1S/C23H39NO2/c1-19(2)15-7-10-21(4)16(20(15,3)9-8-17(19)26)13-14(25)18-22(21,5)11-12-23(18,6)24/h15-18,26H,7-13,24H2,1-6H3/t15?,16?,17-,18?,20-,21+,22+,23+/m0/s1. The fourth-order valence-electron chi connectivity index (χ4n) is 8.89. The van der Waals surface area contributed by atoms with E-state index in [2.05, 4.69) is 41.5 Å². The van der Waals surface area contributed by atoms with Gasteiger partial charge in [-0.1, -0.05) is 34.6 Å². The fraction of sp³-hybridized carbons (Fsp3) is 0.957. The summed E-state index contributed by atoms with van der Waals surface area (Å²) in [5.41, 5.74) is 6.59. The molecule has 0 bridgehead atoms. The molecule has 0 heterocycles. The highest BCUT2D eigenvalue weighted by atomic mass is 16.3. The molecule has 4 aliphatic carbocycles. The highest BCUT2D eigenvalue weighted by molar-refractivity contribution is 5.85. The molecule has 0 radical (unpaired) electrons. The Balaban J connectivity index is 1.81. The Kier molecular flexibility index (Phi) is 3.74. The zero-order valence-corrected chi connectivity index (χ0v) is 17.7. The highest BCUT2D eigenvalue weighted by Gasteiger charge is 2.71. The maximum atomic E-state index is 13.4. The van der Waals surface area contributed by atoms with Crippen molar-refractivity contribution >= 4 is 5.78 Å². The molecule has 8 atom stereocenters. The third-order valence-corrected chi connectivity index (χ3v) is 10.5. The average Bonchev–Trinajstić information content (AvgIpc) is 2.78. The Bertz CT molecular complexity index is 640. The number of carbonyl (C=O) groups is 1. The summed E-state index contributed by atoms with van der Waals surface area (Å²) in [6.45, 7) is 13.9. The van der Waals surface area contributed by atoms with Crippen molar-refractivity contribution in [2.24, 2.45) is 45.1 Å². The second kappa shape index (κ2) is 5.14. The molecule has 3 heteroatoms. The van der Waals surface area contributed by atoms with Crippen molar-refractivity contribution in [2.45, 2.75) is 98.1 Å². The summed E-state index contributed by atoms with van der Waals surface area (Å²) in [6.07, 6.45) is 6.79. The summed E-state index contributed by atoms with van der Waals surface area (Å²) in [5, 5.41) is 10.7. The minimum atomic E-state index is -0.348. The molecule has 0 aromatic rings. The molecular weight excluding hydrogens is 322 g/mol. The molecule has 4 aliphatic rings. The first-order chi connectivity index (χ1) is 11.8. The lowest BCUT2D eigenvalue weighted by atomic mass is 9.35. The summed E-state index contributed by atoms with van der Waals surface area (Å²) in [5.74, 6) is 1.35. The molecule has 4 saturated carbocycles. The van der Waals surface area contributed by atoms with Crippen LogP contribution in [-0.4, -0.2) is 22.5 Å². The van der Waals surface area contributed by atoms with E-state index in [0.717, 1.165) is 25.7 Å². The third kappa shape index (κ3) is 2.00. The van der Waals surface area contributed by atoms with Crippen LogP contribution in [0.2, 0.25) is 0 Å². The van der Waals surface area contributed by atoms with Crippen molar-refractivity contribution in [3.63, 3.8) is 0 Å². The minimum absolute atomic E-state index is 0.0126. The van der Waals surface area contributed by atoms with Gasteiger partial charge in [-0.2, -0.15) is 0 Å². The summed E-state index contributed by atoms with van der Waals surface area (Å²) >= 11 is 0. The van der Waals surface area contributed by atoms with E-state index in [-0.39, 0.29) is 39.2 Å². The number of nitrogens with two attached hydrogens (primary N) is 1. The summed E-state index contributed by atoms with van der Waals surface area (Å²) < 4.78 is 0. The van der Waals surface area contributed by atoms with E-state index in [9.17, 15) is 9.90 Å². The van der Waals surface area contributed by atoms with E-state index >= 15 is 0 Å². The predicted molar refractivity (Wildman–Crippen MR) is 104 cm³/mol. The van der Waals surface area contributed by atoms with Gasteiger partial charge in [0.15, 0.2) is 0 Å². The minimum Gasteiger partial charge on any atom is -0.393 e. The SMILES string of the molecule is CC1(C)C2CC[C@]3(C)C(CC(=O)C4[C@](C)(N)CC[C@]43C)[C@@]2(C)CC[C@@H]1O. The maximum absolute atomic E-state index is 13.4. The lowest BCUT2D eigenvalue weighted by molar-refractivity contribution is -0.218.